The fourth-order valence-electron chi connectivity index (χ4n) is 3.65. The second-order valence-electron chi connectivity index (χ2n) is 7.07. The average Bonchev–Trinajstić information content (AvgIpc) is 3.07. The van der Waals surface area contributed by atoms with Crippen molar-refractivity contribution in [3.8, 4) is 0 Å². The lowest BCUT2D eigenvalue weighted by atomic mass is 9.93. The van der Waals surface area contributed by atoms with Crippen LogP contribution >= 0.6 is 23.4 Å². The molecular weight excluding hydrogens is 450 g/mol. The van der Waals surface area contributed by atoms with Crippen molar-refractivity contribution in [1.29, 1.82) is 0 Å². The number of carbonyl (C=O) groups excluding carboxylic acids is 2. The van der Waals surface area contributed by atoms with Gasteiger partial charge in [-0.15, -0.1) is 11.8 Å². The molecule has 2 unspecified atom stereocenters. The summed E-state index contributed by atoms with van der Waals surface area (Å²) in [6.45, 7) is 0.350. The first kappa shape index (κ1) is 21.1. The highest BCUT2D eigenvalue weighted by Gasteiger charge is 2.40. The molecule has 8 nitrogen and oxygen atoms in total. The van der Waals surface area contributed by atoms with Gasteiger partial charge >= 0.3 is 0 Å². The van der Waals surface area contributed by atoms with Gasteiger partial charge in [-0.25, -0.2) is 4.98 Å². The number of rotatable bonds is 5. The third-order valence-electron chi connectivity index (χ3n) is 5.07. The number of amides is 2. The molecule has 0 saturated carbocycles. The van der Waals surface area contributed by atoms with Crippen LogP contribution in [0.15, 0.2) is 36.5 Å². The van der Waals surface area contributed by atoms with E-state index in [0.717, 1.165) is 34.1 Å². The SMILES string of the molecule is O=C1NC(S(=O)(=O)O)SC1Cc1cccc2c1CCC(=O)N2Cc1ccc(Cl)nc1. The maximum Gasteiger partial charge on any atom is 0.296 e. The predicted octanol–water partition coefficient (Wildman–Crippen LogP) is 2.16. The summed E-state index contributed by atoms with van der Waals surface area (Å²) in [5.74, 6) is -0.440. The van der Waals surface area contributed by atoms with Gasteiger partial charge in [0.25, 0.3) is 10.1 Å². The molecule has 0 bridgehead atoms. The first-order valence-electron chi connectivity index (χ1n) is 9.16. The van der Waals surface area contributed by atoms with E-state index in [-0.39, 0.29) is 5.91 Å². The second kappa shape index (κ2) is 8.18. The molecule has 2 aliphatic rings. The summed E-state index contributed by atoms with van der Waals surface area (Å²) in [5, 5.41) is 2.03. The number of pyridine rings is 1. The maximum atomic E-state index is 12.6. The van der Waals surface area contributed by atoms with Gasteiger partial charge in [-0.05, 0) is 41.7 Å². The van der Waals surface area contributed by atoms with E-state index in [4.69, 9.17) is 11.6 Å². The van der Waals surface area contributed by atoms with Gasteiger partial charge in [0.05, 0.1) is 11.8 Å². The minimum atomic E-state index is -4.37. The highest BCUT2D eigenvalue weighted by molar-refractivity contribution is 8.12. The minimum Gasteiger partial charge on any atom is -0.328 e. The lowest BCUT2D eigenvalue weighted by molar-refractivity contribution is -0.120. The van der Waals surface area contributed by atoms with Crippen molar-refractivity contribution in [1.82, 2.24) is 10.3 Å². The molecule has 4 rings (SSSR count). The molecule has 1 aromatic carbocycles. The molecule has 1 fully saturated rings. The molecule has 2 atom stereocenters. The number of thioether (sulfide) groups is 1. The summed E-state index contributed by atoms with van der Waals surface area (Å²) >= 11 is 6.71. The second-order valence-corrected chi connectivity index (χ2v) is 10.6. The molecule has 2 amide bonds. The van der Waals surface area contributed by atoms with Crippen LogP contribution < -0.4 is 10.2 Å². The van der Waals surface area contributed by atoms with Gasteiger partial charge in [0.15, 0.2) is 0 Å². The van der Waals surface area contributed by atoms with Crippen molar-refractivity contribution in [2.24, 2.45) is 0 Å². The largest absolute Gasteiger partial charge is 0.328 e. The van der Waals surface area contributed by atoms with Gasteiger partial charge in [0.1, 0.15) is 5.15 Å². The first-order valence-corrected chi connectivity index (χ1v) is 12.0. The summed E-state index contributed by atoms with van der Waals surface area (Å²) in [6, 6.07) is 9.05. The van der Waals surface area contributed by atoms with Gasteiger partial charge in [-0.2, -0.15) is 8.42 Å². The molecule has 0 radical (unpaired) electrons. The quantitative estimate of drug-likeness (QED) is 0.511. The van der Waals surface area contributed by atoms with Gasteiger partial charge in [0, 0.05) is 18.3 Å². The zero-order chi connectivity index (χ0) is 21.5. The number of benzene rings is 1. The number of aromatic nitrogens is 1. The summed E-state index contributed by atoms with van der Waals surface area (Å²) in [7, 11) is -4.37. The van der Waals surface area contributed by atoms with Crippen LogP contribution in [0.25, 0.3) is 0 Å². The van der Waals surface area contributed by atoms with Crippen LogP contribution in [0.4, 0.5) is 5.69 Å². The Balaban J connectivity index is 1.59. The Kier molecular flexibility index (Phi) is 5.75. The number of hydrogen-bond acceptors (Lipinski definition) is 6. The highest BCUT2D eigenvalue weighted by atomic mass is 35.5. The predicted molar refractivity (Wildman–Crippen MR) is 114 cm³/mol. The maximum absolute atomic E-state index is 12.6. The Hall–Kier alpha value is -2.14. The van der Waals surface area contributed by atoms with Crippen molar-refractivity contribution in [3.05, 3.63) is 58.4 Å². The highest BCUT2D eigenvalue weighted by Crippen LogP contribution is 2.35. The third kappa shape index (κ3) is 4.31. The molecule has 1 saturated heterocycles. The summed E-state index contributed by atoms with van der Waals surface area (Å²) in [4.78, 5) is 30.6. The third-order valence-corrected chi connectivity index (χ3v) is 8.09. The lowest BCUT2D eigenvalue weighted by Crippen LogP contribution is -2.35. The number of nitrogens with one attached hydrogen (secondary N) is 1. The van der Waals surface area contributed by atoms with Crippen LogP contribution in [0, 0.1) is 0 Å². The molecule has 11 heteroatoms. The Bertz CT molecular complexity index is 1110. The Morgan fingerprint density at radius 3 is 2.70 bits per heavy atom. The van der Waals surface area contributed by atoms with Crippen molar-refractivity contribution < 1.29 is 22.6 Å². The first-order chi connectivity index (χ1) is 14.2. The molecule has 158 valence electrons. The van der Waals surface area contributed by atoms with E-state index in [0.29, 0.717) is 31.0 Å². The van der Waals surface area contributed by atoms with Crippen LogP contribution in [-0.4, -0.2) is 39.7 Å². The summed E-state index contributed by atoms with van der Waals surface area (Å²) in [5.41, 5.74) is 3.45. The number of hydrogen-bond donors (Lipinski definition) is 2. The van der Waals surface area contributed by atoms with E-state index in [1.165, 1.54) is 0 Å². The summed E-state index contributed by atoms with van der Waals surface area (Å²) < 4.78 is 30.5. The fourth-order valence-corrected chi connectivity index (χ4v) is 5.94. The van der Waals surface area contributed by atoms with Crippen molar-refractivity contribution >= 4 is 51.0 Å². The number of fused-ring (bicyclic) bond motifs is 1. The van der Waals surface area contributed by atoms with Crippen LogP contribution in [-0.2, 0) is 39.1 Å². The van der Waals surface area contributed by atoms with Crippen molar-refractivity contribution in [2.75, 3.05) is 4.90 Å². The van der Waals surface area contributed by atoms with E-state index in [9.17, 15) is 22.6 Å². The number of nitrogens with zero attached hydrogens (tertiary/aromatic N) is 2. The number of halogens is 1. The van der Waals surface area contributed by atoms with Crippen LogP contribution in [0.2, 0.25) is 5.15 Å². The molecule has 30 heavy (non-hydrogen) atoms. The minimum absolute atomic E-state index is 0.00553. The van der Waals surface area contributed by atoms with Crippen LogP contribution in [0.3, 0.4) is 0 Å². The molecular formula is C19H18ClN3O5S2. The monoisotopic (exact) mass is 467 g/mol. The average molecular weight is 468 g/mol. The molecule has 2 aromatic rings. The molecule has 0 spiro atoms. The van der Waals surface area contributed by atoms with Crippen molar-refractivity contribution in [3.63, 3.8) is 0 Å². The Morgan fingerprint density at radius 1 is 1.23 bits per heavy atom. The van der Waals surface area contributed by atoms with Gasteiger partial charge in [-0.3, -0.25) is 14.1 Å². The fraction of sp³-hybridized carbons (Fsp3) is 0.316. The molecule has 2 aliphatic heterocycles. The van der Waals surface area contributed by atoms with E-state index < -0.39 is 26.0 Å². The Morgan fingerprint density at radius 2 is 2.03 bits per heavy atom. The zero-order valence-corrected chi connectivity index (χ0v) is 18.0. The van der Waals surface area contributed by atoms with Gasteiger partial charge in [-0.1, -0.05) is 29.8 Å². The lowest BCUT2D eigenvalue weighted by Gasteiger charge is -2.31. The standard InChI is InChI=1S/C19H18ClN3O5S2/c20-16-6-4-11(9-21-16)10-23-14-3-1-2-12(13(14)5-7-17(23)24)8-15-18(25)22-19(29-15)30(26,27)28/h1-4,6,9,15,19H,5,7-8,10H2,(H,22,25)(H,26,27,28). The number of carbonyl (C=O) groups is 2. The summed E-state index contributed by atoms with van der Waals surface area (Å²) in [6.07, 6.45) is 2.81. The topological polar surface area (TPSA) is 117 Å². The van der Waals surface area contributed by atoms with Crippen LogP contribution in [0.5, 0.6) is 0 Å². The molecule has 2 N–H and O–H groups in total. The van der Waals surface area contributed by atoms with Crippen LogP contribution in [0.1, 0.15) is 23.1 Å². The molecule has 1 aromatic heterocycles. The Labute approximate surface area is 182 Å². The normalized spacial score (nSPS) is 21.5. The van der Waals surface area contributed by atoms with E-state index in [1.54, 1.807) is 17.2 Å². The molecule has 0 aliphatic carbocycles. The van der Waals surface area contributed by atoms with Gasteiger partial charge < -0.3 is 10.2 Å². The molecule has 3 heterocycles. The van der Waals surface area contributed by atoms with Gasteiger partial charge in [0.2, 0.25) is 16.5 Å². The van der Waals surface area contributed by atoms with E-state index >= 15 is 0 Å². The van der Waals surface area contributed by atoms with Crippen molar-refractivity contribution in [2.45, 2.75) is 35.8 Å². The number of anilines is 1. The zero-order valence-electron chi connectivity index (χ0n) is 15.6. The van der Waals surface area contributed by atoms with E-state index in [1.807, 2.05) is 24.3 Å². The smallest absolute Gasteiger partial charge is 0.296 e. The van der Waals surface area contributed by atoms with E-state index in [2.05, 4.69) is 10.3 Å².